The second-order valence-corrected chi connectivity index (χ2v) is 4.07. The molecule has 2 aromatic rings. The molecule has 1 amide bonds. The highest BCUT2D eigenvalue weighted by Gasteiger charge is 2.04. The van der Waals surface area contributed by atoms with Crippen molar-refractivity contribution in [3.8, 4) is 5.75 Å². The summed E-state index contributed by atoms with van der Waals surface area (Å²) in [6.07, 6.45) is 3.28. The molecule has 0 spiro atoms. The largest absolute Gasteiger partial charge is 0.491 e. The molecule has 1 N–H and O–H groups in total. The van der Waals surface area contributed by atoms with Gasteiger partial charge in [0.05, 0.1) is 6.10 Å². The van der Waals surface area contributed by atoms with Crippen LogP contribution in [0.1, 0.15) is 13.8 Å². The molecule has 0 aliphatic heterocycles. The van der Waals surface area contributed by atoms with E-state index in [1.807, 2.05) is 26.0 Å². The van der Waals surface area contributed by atoms with Gasteiger partial charge in [0.2, 0.25) is 0 Å². The van der Waals surface area contributed by atoms with Gasteiger partial charge in [-0.15, -0.1) is 0 Å². The normalized spacial score (nSPS) is 10.4. The zero-order valence-corrected chi connectivity index (χ0v) is 10.3. The molecule has 0 atom stereocenters. The second kappa shape index (κ2) is 5.35. The van der Waals surface area contributed by atoms with Crippen LogP contribution in [-0.2, 0) is 0 Å². The summed E-state index contributed by atoms with van der Waals surface area (Å²) < 4.78 is 6.75. The number of nitrogens with zero attached hydrogens (tertiary/aromatic N) is 2. The number of ether oxygens (including phenoxy) is 1. The van der Waals surface area contributed by atoms with Crippen LogP contribution >= 0.6 is 0 Å². The summed E-state index contributed by atoms with van der Waals surface area (Å²) in [5.74, 6) is 0.780. The van der Waals surface area contributed by atoms with Gasteiger partial charge in [0, 0.05) is 18.1 Å². The molecule has 0 saturated heterocycles. The Labute approximate surface area is 105 Å². The van der Waals surface area contributed by atoms with E-state index in [2.05, 4.69) is 10.4 Å². The summed E-state index contributed by atoms with van der Waals surface area (Å²) in [6, 6.07) is 8.62. The van der Waals surface area contributed by atoms with Gasteiger partial charge in [-0.1, -0.05) is 0 Å². The standard InChI is InChI=1S/C13H15N3O2/c1-10(2)18-12-6-4-11(5-7-12)15-13(17)16-9-3-8-14-16/h3-10H,1-2H3,(H,15,17). The highest BCUT2D eigenvalue weighted by atomic mass is 16.5. The van der Waals surface area contributed by atoms with E-state index in [4.69, 9.17) is 4.74 Å². The molecular formula is C13H15N3O2. The molecule has 1 aromatic carbocycles. The lowest BCUT2D eigenvalue weighted by molar-refractivity contribution is 0.242. The number of rotatable bonds is 3. The summed E-state index contributed by atoms with van der Waals surface area (Å²) in [6.45, 7) is 3.93. The second-order valence-electron chi connectivity index (χ2n) is 4.07. The van der Waals surface area contributed by atoms with Crippen LogP contribution in [0.4, 0.5) is 10.5 Å². The molecule has 1 heterocycles. The van der Waals surface area contributed by atoms with E-state index >= 15 is 0 Å². The molecule has 2 rings (SSSR count). The molecule has 0 radical (unpaired) electrons. The molecular weight excluding hydrogens is 230 g/mol. The maximum atomic E-state index is 11.7. The van der Waals surface area contributed by atoms with E-state index in [0.717, 1.165) is 5.75 Å². The van der Waals surface area contributed by atoms with E-state index < -0.39 is 0 Å². The van der Waals surface area contributed by atoms with Crippen molar-refractivity contribution in [1.82, 2.24) is 9.78 Å². The van der Waals surface area contributed by atoms with Crippen molar-refractivity contribution < 1.29 is 9.53 Å². The summed E-state index contributed by atoms with van der Waals surface area (Å²) in [5.41, 5.74) is 0.701. The zero-order valence-electron chi connectivity index (χ0n) is 10.3. The minimum atomic E-state index is -0.294. The summed E-state index contributed by atoms with van der Waals surface area (Å²) in [7, 11) is 0. The molecule has 1 aromatic heterocycles. The lowest BCUT2D eigenvalue weighted by Crippen LogP contribution is -2.19. The molecule has 0 unspecified atom stereocenters. The number of aromatic nitrogens is 2. The van der Waals surface area contributed by atoms with Gasteiger partial charge in [-0.25, -0.2) is 4.79 Å². The van der Waals surface area contributed by atoms with E-state index in [0.29, 0.717) is 5.69 Å². The first-order chi connectivity index (χ1) is 8.65. The number of amides is 1. The number of carbonyl (C=O) groups is 1. The van der Waals surface area contributed by atoms with Crippen molar-refractivity contribution in [2.75, 3.05) is 5.32 Å². The fourth-order valence-electron chi connectivity index (χ4n) is 1.46. The van der Waals surface area contributed by atoms with E-state index in [1.165, 1.54) is 4.68 Å². The molecule has 18 heavy (non-hydrogen) atoms. The van der Waals surface area contributed by atoms with Crippen LogP contribution in [-0.4, -0.2) is 21.9 Å². The molecule has 94 valence electrons. The zero-order chi connectivity index (χ0) is 13.0. The first-order valence-corrected chi connectivity index (χ1v) is 5.73. The van der Waals surface area contributed by atoms with Crippen molar-refractivity contribution in [3.63, 3.8) is 0 Å². The van der Waals surface area contributed by atoms with Gasteiger partial charge in [-0.3, -0.25) is 0 Å². The van der Waals surface area contributed by atoms with Crippen molar-refractivity contribution in [3.05, 3.63) is 42.7 Å². The van der Waals surface area contributed by atoms with Crippen molar-refractivity contribution in [1.29, 1.82) is 0 Å². The highest BCUT2D eigenvalue weighted by Crippen LogP contribution is 2.16. The van der Waals surface area contributed by atoms with Gasteiger partial charge in [-0.05, 0) is 44.2 Å². The quantitative estimate of drug-likeness (QED) is 0.904. The van der Waals surface area contributed by atoms with Crippen molar-refractivity contribution >= 4 is 11.7 Å². The Kier molecular flexibility index (Phi) is 3.62. The predicted octanol–water partition coefficient (Wildman–Crippen LogP) is 2.75. The maximum absolute atomic E-state index is 11.7. The van der Waals surface area contributed by atoms with Crippen LogP contribution in [0.2, 0.25) is 0 Å². The molecule has 0 aliphatic carbocycles. The Morgan fingerprint density at radius 2 is 2.06 bits per heavy atom. The Morgan fingerprint density at radius 3 is 2.61 bits per heavy atom. The van der Waals surface area contributed by atoms with Gasteiger partial charge in [0.1, 0.15) is 5.75 Å². The lowest BCUT2D eigenvalue weighted by atomic mass is 10.3. The van der Waals surface area contributed by atoms with Crippen LogP contribution in [0.25, 0.3) is 0 Å². The molecule has 0 fully saturated rings. The number of benzene rings is 1. The minimum absolute atomic E-state index is 0.134. The molecule has 0 saturated carbocycles. The van der Waals surface area contributed by atoms with Crippen LogP contribution in [0.5, 0.6) is 5.75 Å². The summed E-state index contributed by atoms with van der Waals surface area (Å²) in [5, 5.41) is 6.58. The van der Waals surface area contributed by atoms with Gasteiger partial charge < -0.3 is 10.1 Å². The third-order valence-electron chi connectivity index (χ3n) is 2.19. The smallest absolute Gasteiger partial charge is 0.346 e. The summed E-state index contributed by atoms with van der Waals surface area (Å²) in [4.78, 5) is 11.7. The minimum Gasteiger partial charge on any atom is -0.491 e. The average Bonchev–Trinajstić information content (AvgIpc) is 2.84. The number of nitrogens with one attached hydrogen (secondary N) is 1. The third kappa shape index (κ3) is 3.10. The number of hydrogen-bond donors (Lipinski definition) is 1. The average molecular weight is 245 g/mol. The molecule has 5 nitrogen and oxygen atoms in total. The molecule has 0 aliphatic rings. The van der Waals surface area contributed by atoms with Crippen LogP contribution in [0.3, 0.4) is 0 Å². The van der Waals surface area contributed by atoms with Crippen LogP contribution in [0, 0.1) is 0 Å². The molecule has 0 bridgehead atoms. The van der Waals surface area contributed by atoms with Gasteiger partial charge >= 0.3 is 6.03 Å². The number of anilines is 1. The van der Waals surface area contributed by atoms with Gasteiger partial charge in [0.25, 0.3) is 0 Å². The fourth-order valence-corrected chi connectivity index (χ4v) is 1.46. The Hall–Kier alpha value is -2.30. The van der Waals surface area contributed by atoms with Gasteiger partial charge in [-0.2, -0.15) is 9.78 Å². The Bertz CT molecular complexity index is 504. The third-order valence-corrected chi connectivity index (χ3v) is 2.19. The Morgan fingerprint density at radius 1 is 1.33 bits per heavy atom. The molecule has 5 heteroatoms. The van der Waals surface area contributed by atoms with E-state index in [9.17, 15) is 4.79 Å². The van der Waals surface area contributed by atoms with Crippen molar-refractivity contribution in [2.24, 2.45) is 0 Å². The topological polar surface area (TPSA) is 56.1 Å². The first-order valence-electron chi connectivity index (χ1n) is 5.73. The predicted molar refractivity (Wildman–Crippen MR) is 68.8 cm³/mol. The van der Waals surface area contributed by atoms with Crippen LogP contribution < -0.4 is 10.1 Å². The van der Waals surface area contributed by atoms with Gasteiger partial charge in [0.15, 0.2) is 0 Å². The lowest BCUT2D eigenvalue weighted by Gasteiger charge is -2.10. The maximum Gasteiger partial charge on any atom is 0.346 e. The first kappa shape index (κ1) is 12.2. The summed E-state index contributed by atoms with van der Waals surface area (Å²) >= 11 is 0. The van der Waals surface area contributed by atoms with Crippen LogP contribution in [0.15, 0.2) is 42.7 Å². The fraction of sp³-hybridized carbons (Fsp3) is 0.231. The SMILES string of the molecule is CC(C)Oc1ccc(NC(=O)n2cccn2)cc1. The highest BCUT2D eigenvalue weighted by molar-refractivity contribution is 5.90. The number of hydrogen-bond acceptors (Lipinski definition) is 3. The monoisotopic (exact) mass is 245 g/mol. The van der Waals surface area contributed by atoms with Crippen molar-refractivity contribution in [2.45, 2.75) is 20.0 Å². The van der Waals surface area contributed by atoms with E-state index in [1.54, 1.807) is 30.6 Å². The van der Waals surface area contributed by atoms with E-state index in [-0.39, 0.29) is 12.1 Å². The Balaban J connectivity index is 2.00. The number of carbonyl (C=O) groups excluding carboxylic acids is 1.